The van der Waals surface area contributed by atoms with Crippen LogP contribution < -0.4 is 0 Å². The number of aromatic nitrogens is 1. The summed E-state index contributed by atoms with van der Waals surface area (Å²) in [4.78, 5) is 6.66. The molecular weight excluding hydrogens is 236 g/mol. The second-order valence-electron chi connectivity index (χ2n) is 4.75. The minimum atomic E-state index is -0.423. The first-order valence-electron chi connectivity index (χ1n) is 7.00. The predicted molar refractivity (Wildman–Crippen MR) is 79.1 cm³/mol. The minimum absolute atomic E-state index is 0.423. The highest BCUT2D eigenvalue weighted by Gasteiger charge is 2.12. The Morgan fingerprint density at radius 3 is 2.68 bits per heavy atom. The van der Waals surface area contributed by atoms with E-state index in [1.807, 2.05) is 30.3 Å². The van der Waals surface area contributed by atoms with Gasteiger partial charge in [0.1, 0.15) is 0 Å². The van der Waals surface area contributed by atoms with Crippen molar-refractivity contribution in [3.8, 4) is 0 Å². The normalized spacial score (nSPS) is 13.1. The number of rotatable bonds is 6. The third-order valence-electron chi connectivity index (χ3n) is 3.65. The summed E-state index contributed by atoms with van der Waals surface area (Å²) in [6.07, 6.45) is 2.12. The summed E-state index contributed by atoms with van der Waals surface area (Å²) in [7, 11) is 0. The SMILES string of the molecule is CCN(CC)CCC(O)c1cccc2ncccc12. The molecule has 0 aliphatic heterocycles. The van der Waals surface area contributed by atoms with Crippen molar-refractivity contribution in [1.82, 2.24) is 9.88 Å². The molecule has 0 fully saturated rings. The zero-order valence-corrected chi connectivity index (χ0v) is 11.7. The van der Waals surface area contributed by atoms with Crippen molar-refractivity contribution in [1.29, 1.82) is 0 Å². The molecule has 3 heteroatoms. The van der Waals surface area contributed by atoms with Crippen LogP contribution in [0.4, 0.5) is 0 Å². The third-order valence-corrected chi connectivity index (χ3v) is 3.65. The van der Waals surface area contributed by atoms with E-state index in [1.165, 1.54) is 0 Å². The molecule has 1 atom stereocenters. The Morgan fingerprint density at radius 1 is 1.16 bits per heavy atom. The topological polar surface area (TPSA) is 36.4 Å². The summed E-state index contributed by atoms with van der Waals surface area (Å²) in [5, 5.41) is 11.5. The van der Waals surface area contributed by atoms with Crippen molar-refractivity contribution in [2.24, 2.45) is 0 Å². The Kier molecular flexibility index (Phi) is 4.88. The van der Waals surface area contributed by atoms with E-state index in [4.69, 9.17) is 0 Å². The molecular formula is C16H22N2O. The molecule has 0 saturated carbocycles. The molecule has 0 spiro atoms. The predicted octanol–water partition coefficient (Wildman–Crippen LogP) is 3.00. The van der Waals surface area contributed by atoms with Crippen molar-refractivity contribution in [2.45, 2.75) is 26.4 Å². The molecule has 2 aromatic rings. The molecule has 0 aliphatic carbocycles. The van der Waals surface area contributed by atoms with Crippen molar-refractivity contribution < 1.29 is 5.11 Å². The summed E-state index contributed by atoms with van der Waals surface area (Å²) in [5.41, 5.74) is 1.93. The van der Waals surface area contributed by atoms with E-state index in [0.29, 0.717) is 0 Å². The molecule has 1 heterocycles. The first kappa shape index (κ1) is 14.0. The number of hydrogen-bond donors (Lipinski definition) is 1. The first-order chi connectivity index (χ1) is 9.26. The Morgan fingerprint density at radius 2 is 1.95 bits per heavy atom. The molecule has 0 aliphatic rings. The monoisotopic (exact) mass is 258 g/mol. The second kappa shape index (κ2) is 6.64. The third kappa shape index (κ3) is 3.31. The molecule has 1 aromatic heterocycles. The van der Waals surface area contributed by atoms with E-state index in [2.05, 4.69) is 23.7 Å². The van der Waals surface area contributed by atoms with E-state index in [-0.39, 0.29) is 0 Å². The highest BCUT2D eigenvalue weighted by molar-refractivity contribution is 5.82. The highest BCUT2D eigenvalue weighted by atomic mass is 16.3. The average Bonchev–Trinajstić information content (AvgIpc) is 2.47. The number of pyridine rings is 1. The fourth-order valence-corrected chi connectivity index (χ4v) is 2.42. The maximum Gasteiger partial charge on any atom is 0.0808 e. The van der Waals surface area contributed by atoms with E-state index in [1.54, 1.807) is 6.20 Å². The smallest absolute Gasteiger partial charge is 0.0808 e. The molecule has 0 radical (unpaired) electrons. The van der Waals surface area contributed by atoms with Gasteiger partial charge in [-0.3, -0.25) is 4.98 Å². The number of fused-ring (bicyclic) bond motifs is 1. The molecule has 0 amide bonds. The second-order valence-corrected chi connectivity index (χ2v) is 4.75. The van der Waals surface area contributed by atoms with Crippen LogP contribution in [0.2, 0.25) is 0 Å². The molecule has 1 aromatic carbocycles. The van der Waals surface area contributed by atoms with Gasteiger partial charge in [0.2, 0.25) is 0 Å². The maximum absolute atomic E-state index is 10.4. The van der Waals surface area contributed by atoms with Crippen LogP contribution in [0.5, 0.6) is 0 Å². The van der Waals surface area contributed by atoms with E-state index >= 15 is 0 Å². The van der Waals surface area contributed by atoms with Gasteiger partial charge in [0.15, 0.2) is 0 Å². The standard InChI is InChI=1S/C16H22N2O/c1-3-18(4-2)12-10-16(19)14-7-5-9-15-13(14)8-6-11-17-15/h5-9,11,16,19H,3-4,10,12H2,1-2H3. The number of hydrogen-bond acceptors (Lipinski definition) is 3. The summed E-state index contributed by atoms with van der Waals surface area (Å²) < 4.78 is 0. The molecule has 0 bridgehead atoms. The lowest BCUT2D eigenvalue weighted by Crippen LogP contribution is -2.25. The molecule has 1 N–H and O–H groups in total. The van der Waals surface area contributed by atoms with Crippen molar-refractivity contribution >= 4 is 10.9 Å². The largest absolute Gasteiger partial charge is 0.388 e. The Balaban J connectivity index is 2.15. The van der Waals surface area contributed by atoms with Gasteiger partial charge in [-0.15, -0.1) is 0 Å². The average molecular weight is 258 g/mol. The zero-order valence-electron chi connectivity index (χ0n) is 11.7. The van der Waals surface area contributed by atoms with Gasteiger partial charge in [-0.05, 0) is 37.2 Å². The number of benzene rings is 1. The molecule has 1 unspecified atom stereocenters. The van der Waals surface area contributed by atoms with Gasteiger partial charge in [0.25, 0.3) is 0 Å². The van der Waals surface area contributed by atoms with Crippen LogP contribution in [0, 0.1) is 0 Å². The Labute approximate surface area is 114 Å². The van der Waals surface area contributed by atoms with Crippen LogP contribution in [0.3, 0.4) is 0 Å². The quantitative estimate of drug-likeness (QED) is 0.865. The van der Waals surface area contributed by atoms with Crippen LogP contribution in [-0.2, 0) is 0 Å². The summed E-state index contributed by atoms with van der Waals surface area (Å²) in [5.74, 6) is 0. The van der Waals surface area contributed by atoms with Crippen LogP contribution >= 0.6 is 0 Å². The van der Waals surface area contributed by atoms with E-state index < -0.39 is 6.10 Å². The molecule has 19 heavy (non-hydrogen) atoms. The first-order valence-corrected chi connectivity index (χ1v) is 7.00. The van der Waals surface area contributed by atoms with Crippen LogP contribution in [0.15, 0.2) is 36.5 Å². The molecule has 0 saturated heterocycles. The summed E-state index contributed by atoms with van der Waals surface area (Å²) in [6.45, 7) is 7.28. The maximum atomic E-state index is 10.4. The lowest BCUT2D eigenvalue weighted by molar-refractivity contribution is 0.146. The van der Waals surface area contributed by atoms with Gasteiger partial charge in [-0.2, -0.15) is 0 Å². The lowest BCUT2D eigenvalue weighted by Gasteiger charge is -2.20. The zero-order chi connectivity index (χ0) is 13.7. The van der Waals surface area contributed by atoms with Crippen LogP contribution in [0.25, 0.3) is 10.9 Å². The Bertz CT molecular complexity index is 518. The van der Waals surface area contributed by atoms with Gasteiger partial charge in [-0.1, -0.05) is 32.0 Å². The Hall–Kier alpha value is -1.45. The van der Waals surface area contributed by atoms with Gasteiger partial charge in [-0.25, -0.2) is 0 Å². The van der Waals surface area contributed by atoms with Gasteiger partial charge in [0, 0.05) is 18.1 Å². The van der Waals surface area contributed by atoms with Crippen molar-refractivity contribution in [3.05, 3.63) is 42.1 Å². The van der Waals surface area contributed by atoms with Crippen molar-refractivity contribution in [3.63, 3.8) is 0 Å². The number of nitrogens with zero attached hydrogens (tertiary/aromatic N) is 2. The van der Waals surface area contributed by atoms with Crippen molar-refractivity contribution in [2.75, 3.05) is 19.6 Å². The van der Waals surface area contributed by atoms with Crippen LogP contribution in [-0.4, -0.2) is 34.6 Å². The number of aliphatic hydroxyl groups is 1. The fraction of sp³-hybridized carbons (Fsp3) is 0.438. The summed E-state index contributed by atoms with van der Waals surface area (Å²) in [6, 6.07) is 9.89. The molecule has 2 rings (SSSR count). The minimum Gasteiger partial charge on any atom is -0.388 e. The van der Waals surface area contributed by atoms with Gasteiger partial charge in [0.05, 0.1) is 11.6 Å². The summed E-state index contributed by atoms with van der Waals surface area (Å²) >= 11 is 0. The molecule has 102 valence electrons. The van der Waals surface area contributed by atoms with E-state index in [0.717, 1.165) is 42.5 Å². The lowest BCUT2D eigenvalue weighted by atomic mass is 10.0. The van der Waals surface area contributed by atoms with Gasteiger partial charge < -0.3 is 10.0 Å². The molecule has 3 nitrogen and oxygen atoms in total. The van der Waals surface area contributed by atoms with Gasteiger partial charge >= 0.3 is 0 Å². The number of aliphatic hydroxyl groups excluding tert-OH is 1. The van der Waals surface area contributed by atoms with Crippen LogP contribution in [0.1, 0.15) is 31.9 Å². The fourth-order valence-electron chi connectivity index (χ4n) is 2.42. The van der Waals surface area contributed by atoms with E-state index in [9.17, 15) is 5.11 Å². The highest BCUT2D eigenvalue weighted by Crippen LogP contribution is 2.25.